The monoisotopic (exact) mass is 256 g/mol. The number of rotatable bonds is 4. The lowest BCUT2D eigenvalue weighted by Crippen LogP contribution is -2.12. The van der Waals surface area contributed by atoms with Gasteiger partial charge < -0.3 is 9.84 Å². The number of ether oxygens (including phenoxy) is 1. The minimum atomic E-state index is -1.11. The van der Waals surface area contributed by atoms with E-state index in [0.717, 1.165) is 7.11 Å². The SMILES string of the molecule is COC(=O)/C(Cl)=N/Nc1ccccc1C(=O)O. The number of hydrazone groups is 1. The molecule has 0 atom stereocenters. The molecule has 0 heterocycles. The molecule has 1 aromatic carbocycles. The van der Waals surface area contributed by atoms with Crippen LogP contribution in [0.4, 0.5) is 5.69 Å². The van der Waals surface area contributed by atoms with Gasteiger partial charge in [-0.3, -0.25) is 5.43 Å². The standard InChI is InChI=1S/C10H9ClN2O4/c1-17-10(16)8(11)13-12-7-5-3-2-4-6(7)9(14)15/h2-5,12H,1H3,(H,14,15)/b13-8-. The second kappa shape index (κ2) is 5.86. The molecular formula is C10H9ClN2O4. The minimum Gasteiger partial charge on any atom is -0.478 e. The molecule has 0 saturated carbocycles. The Bertz CT molecular complexity index is 473. The van der Waals surface area contributed by atoms with E-state index < -0.39 is 17.1 Å². The molecule has 0 bridgehead atoms. The molecule has 17 heavy (non-hydrogen) atoms. The van der Waals surface area contributed by atoms with E-state index in [1.54, 1.807) is 12.1 Å². The van der Waals surface area contributed by atoms with Crippen LogP contribution in [-0.4, -0.2) is 29.3 Å². The van der Waals surface area contributed by atoms with Crippen molar-refractivity contribution < 1.29 is 19.4 Å². The van der Waals surface area contributed by atoms with Gasteiger partial charge in [0.1, 0.15) is 0 Å². The molecule has 0 saturated heterocycles. The number of hydrogen-bond acceptors (Lipinski definition) is 5. The topological polar surface area (TPSA) is 88.0 Å². The van der Waals surface area contributed by atoms with E-state index in [9.17, 15) is 9.59 Å². The van der Waals surface area contributed by atoms with Crippen LogP contribution in [-0.2, 0) is 9.53 Å². The van der Waals surface area contributed by atoms with Crippen molar-refractivity contribution in [1.82, 2.24) is 0 Å². The molecule has 1 aromatic rings. The van der Waals surface area contributed by atoms with Gasteiger partial charge in [-0.25, -0.2) is 9.59 Å². The number of nitrogens with one attached hydrogen (secondary N) is 1. The highest BCUT2D eigenvalue weighted by Crippen LogP contribution is 2.14. The predicted molar refractivity (Wildman–Crippen MR) is 62.3 cm³/mol. The fourth-order valence-electron chi connectivity index (χ4n) is 1.01. The van der Waals surface area contributed by atoms with Crippen LogP contribution in [0.15, 0.2) is 29.4 Å². The molecule has 0 spiro atoms. The van der Waals surface area contributed by atoms with Crippen LogP contribution in [0, 0.1) is 0 Å². The van der Waals surface area contributed by atoms with Crippen molar-refractivity contribution in [2.45, 2.75) is 0 Å². The van der Waals surface area contributed by atoms with Gasteiger partial charge >= 0.3 is 11.9 Å². The third kappa shape index (κ3) is 3.46. The quantitative estimate of drug-likeness (QED) is 0.484. The molecule has 0 aromatic heterocycles. The van der Waals surface area contributed by atoms with Crippen molar-refractivity contribution in [2.24, 2.45) is 5.10 Å². The maximum absolute atomic E-state index is 10.9. The first-order chi connectivity index (χ1) is 8.06. The molecule has 0 amide bonds. The Morgan fingerprint density at radius 2 is 2.06 bits per heavy atom. The molecule has 0 aliphatic heterocycles. The number of carboxylic acid groups (broad SMARTS) is 1. The van der Waals surface area contributed by atoms with Crippen molar-refractivity contribution in [3.8, 4) is 0 Å². The van der Waals surface area contributed by atoms with E-state index in [2.05, 4.69) is 15.3 Å². The lowest BCUT2D eigenvalue weighted by molar-refractivity contribution is -0.132. The number of carbonyl (C=O) groups is 2. The van der Waals surface area contributed by atoms with Crippen molar-refractivity contribution in [2.75, 3.05) is 12.5 Å². The molecule has 6 nitrogen and oxygen atoms in total. The average Bonchev–Trinajstić information content (AvgIpc) is 2.35. The third-order valence-electron chi connectivity index (χ3n) is 1.79. The number of carbonyl (C=O) groups excluding carboxylic acids is 1. The van der Waals surface area contributed by atoms with Gasteiger partial charge in [-0.15, -0.1) is 0 Å². The Kier molecular flexibility index (Phi) is 4.47. The molecule has 2 N–H and O–H groups in total. The lowest BCUT2D eigenvalue weighted by atomic mass is 10.2. The number of anilines is 1. The second-order valence-corrected chi connectivity index (χ2v) is 3.21. The summed E-state index contributed by atoms with van der Waals surface area (Å²) in [6.07, 6.45) is 0. The summed E-state index contributed by atoms with van der Waals surface area (Å²) in [4.78, 5) is 21.8. The van der Waals surface area contributed by atoms with Gasteiger partial charge in [0, 0.05) is 0 Å². The van der Waals surface area contributed by atoms with Crippen LogP contribution >= 0.6 is 11.6 Å². The highest BCUT2D eigenvalue weighted by atomic mass is 35.5. The summed E-state index contributed by atoms with van der Waals surface area (Å²) in [5.41, 5.74) is 2.63. The number of aromatic carboxylic acids is 1. The van der Waals surface area contributed by atoms with E-state index in [-0.39, 0.29) is 11.3 Å². The zero-order valence-electron chi connectivity index (χ0n) is 8.81. The third-order valence-corrected chi connectivity index (χ3v) is 2.02. The van der Waals surface area contributed by atoms with E-state index in [0.29, 0.717) is 0 Å². The molecule has 1 rings (SSSR count). The molecule has 90 valence electrons. The summed E-state index contributed by atoms with van der Waals surface area (Å²) in [5.74, 6) is -1.93. The van der Waals surface area contributed by atoms with Crippen LogP contribution in [0.2, 0.25) is 0 Å². The number of carboxylic acids is 1. The number of nitrogens with zero attached hydrogens (tertiary/aromatic N) is 1. The molecule has 0 aliphatic rings. The molecule has 0 radical (unpaired) electrons. The number of methoxy groups -OCH3 is 1. The van der Waals surface area contributed by atoms with Crippen LogP contribution in [0.5, 0.6) is 0 Å². The minimum absolute atomic E-state index is 0.0191. The number of benzene rings is 1. The van der Waals surface area contributed by atoms with Gasteiger partial charge in [0.25, 0.3) is 0 Å². The first kappa shape index (κ1) is 13.0. The molecule has 0 fully saturated rings. The maximum atomic E-state index is 10.9. The maximum Gasteiger partial charge on any atom is 0.370 e. The van der Waals surface area contributed by atoms with Gasteiger partial charge in [-0.1, -0.05) is 23.7 Å². The van der Waals surface area contributed by atoms with E-state index in [1.165, 1.54) is 12.1 Å². The highest BCUT2D eigenvalue weighted by Gasteiger charge is 2.10. The largest absolute Gasteiger partial charge is 0.478 e. The summed E-state index contributed by atoms with van der Waals surface area (Å²) in [5, 5.41) is 12.0. The summed E-state index contributed by atoms with van der Waals surface area (Å²) in [7, 11) is 1.16. The Hall–Kier alpha value is -2.08. The van der Waals surface area contributed by atoms with Gasteiger partial charge in [0.15, 0.2) is 0 Å². The first-order valence-electron chi connectivity index (χ1n) is 4.46. The van der Waals surface area contributed by atoms with E-state index in [1.807, 2.05) is 0 Å². The summed E-state index contributed by atoms with van der Waals surface area (Å²) in [6, 6.07) is 6.08. The van der Waals surface area contributed by atoms with Crippen LogP contribution in [0.25, 0.3) is 0 Å². The second-order valence-electron chi connectivity index (χ2n) is 2.86. The number of hydrogen-bond donors (Lipinski definition) is 2. The summed E-state index contributed by atoms with van der Waals surface area (Å²) in [6.45, 7) is 0. The smallest absolute Gasteiger partial charge is 0.370 e. The zero-order chi connectivity index (χ0) is 12.8. The number of para-hydroxylation sites is 1. The van der Waals surface area contributed by atoms with Crippen LogP contribution < -0.4 is 5.43 Å². The van der Waals surface area contributed by atoms with E-state index in [4.69, 9.17) is 16.7 Å². The summed E-state index contributed by atoms with van der Waals surface area (Å²) < 4.78 is 4.32. The van der Waals surface area contributed by atoms with Crippen molar-refractivity contribution in [3.05, 3.63) is 29.8 Å². The van der Waals surface area contributed by atoms with Crippen molar-refractivity contribution >= 4 is 34.4 Å². The van der Waals surface area contributed by atoms with Gasteiger partial charge in [0.05, 0.1) is 18.4 Å². The average molecular weight is 257 g/mol. The van der Waals surface area contributed by atoms with Crippen LogP contribution in [0.3, 0.4) is 0 Å². The Morgan fingerprint density at radius 1 is 1.41 bits per heavy atom. The Balaban J connectivity index is 2.89. The van der Waals surface area contributed by atoms with Crippen molar-refractivity contribution in [3.63, 3.8) is 0 Å². The molecule has 7 heteroatoms. The lowest BCUT2D eigenvalue weighted by Gasteiger charge is -2.04. The van der Waals surface area contributed by atoms with E-state index >= 15 is 0 Å². The van der Waals surface area contributed by atoms with Gasteiger partial charge in [-0.05, 0) is 12.1 Å². The first-order valence-corrected chi connectivity index (χ1v) is 4.84. The molecule has 0 unspecified atom stereocenters. The summed E-state index contributed by atoms with van der Waals surface area (Å²) >= 11 is 5.48. The number of halogens is 1. The molecule has 0 aliphatic carbocycles. The highest BCUT2D eigenvalue weighted by molar-refractivity contribution is 6.82. The zero-order valence-corrected chi connectivity index (χ0v) is 9.56. The van der Waals surface area contributed by atoms with Crippen LogP contribution in [0.1, 0.15) is 10.4 Å². The molecular weight excluding hydrogens is 248 g/mol. The Morgan fingerprint density at radius 3 is 2.65 bits per heavy atom. The number of esters is 1. The van der Waals surface area contributed by atoms with Gasteiger partial charge in [-0.2, -0.15) is 5.10 Å². The fraction of sp³-hybridized carbons (Fsp3) is 0.100. The fourth-order valence-corrected chi connectivity index (χ4v) is 1.13. The predicted octanol–water partition coefficient (Wildman–Crippen LogP) is 1.52. The van der Waals surface area contributed by atoms with Crippen molar-refractivity contribution in [1.29, 1.82) is 0 Å². The normalized spacial score (nSPS) is 10.8. The Labute approximate surface area is 102 Å². The van der Waals surface area contributed by atoms with Gasteiger partial charge in [0.2, 0.25) is 5.17 Å².